The van der Waals surface area contributed by atoms with Crippen LogP contribution in [-0.2, 0) is 24.4 Å². The van der Waals surface area contributed by atoms with Crippen LogP contribution in [0.1, 0.15) is 34.4 Å². The number of ether oxygens (including phenoxy) is 1. The lowest BCUT2D eigenvalue weighted by molar-refractivity contribution is 0.165. The Bertz CT molecular complexity index is 868. The minimum atomic E-state index is 0.800. The lowest BCUT2D eigenvalue weighted by Gasteiger charge is -2.24. The summed E-state index contributed by atoms with van der Waals surface area (Å²) >= 11 is 0. The van der Waals surface area contributed by atoms with Crippen LogP contribution in [0.4, 0.5) is 0 Å². The van der Waals surface area contributed by atoms with E-state index in [0.29, 0.717) is 0 Å². The number of methoxy groups -OCH3 is 1. The Morgan fingerprint density at radius 1 is 0.821 bits per heavy atom. The molecule has 0 saturated carbocycles. The highest BCUT2D eigenvalue weighted by Crippen LogP contribution is 2.17. The van der Waals surface area contributed by atoms with Crippen molar-refractivity contribution in [2.75, 3.05) is 20.3 Å². The van der Waals surface area contributed by atoms with Gasteiger partial charge in [0.2, 0.25) is 0 Å². The summed E-state index contributed by atoms with van der Waals surface area (Å²) in [6.45, 7) is 9.04. The predicted molar refractivity (Wildman–Crippen MR) is 116 cm³/mol. The third-order valence-electron chi connectivity index (χ3n) is 5.39. The number of hydrogen-bond donors (Lipinski definition) is 0. The van der Waals surface area contributed by atoms with Crippen molar-refractivity contribution >= 4 is 0 Å². The first-order chi connectivity index (χ1) is 13.7. The van der Waals surface area contributed by atoms with Gasteiger partial charge in [-0.15, -0.1) is 0 Å². The Balaban J connectivity index is 1.74. The monoisotopic (exact) mass is 376 g/mol. The van der Waals surface area contributed by atoms with Crippen molar-refractivity contribution in [2.45, 2.75) is 39.9 Å². The van der Waals surface area contributed by atoms with Crippen molar-refractivity contribution in [1.29, 1.82) is 0 Å². The largest absolute Gasteiger partial charge is 0.385 e. The Hall–Kier alpha value is -2.36. The zero-order chi connectivity index (χ0) is 19.8. The molecule has 0 radical (unpaired) electrons. The summed E-state index contributed by atoms with van der Waals surface area (Å²) in [5, 5.41) is 0. The van der Waals surface area contributed by atoms with Gasteiger partial charge in [-0.1, -0.05) is 48.5 Å². The van der Waals surface area contributed by atoms with E-state index in [1.54, 1.807) is 7.11 Å². The van der Waals surface area contributed by atoms with Crippen molar-refractivity contribution in [1.82, 2.24) is 9.47 Å². The maximum absolute atomic E-state index is 5.29. The molecule has 0 spiro atoms. The third-order valence-corrected chi connectivity index (χ3v) is 5.39. The second kappa shape index (κ2) is 10.3. The Morgan fingerprint density at radius 2 is 1.50 bits per heavy atom. The SMILES string of the molecule is COCCCN(Cc1ccccc1C)Cc1cccn1Cc1ccccc1C. The molecule has 3 nitrogen and oxygen atoms in total. The van der Waals surface area contributed by atoms with Crippen LogP contribution < -0.4 is 0 Å². The summed E-state index contributed by atoms with van der Waals surface area (Å²) in [4.78, 5) is 2.53. The molecule has 148 valence electrons. The van der Waals surface area contributed by atoms with E-state index in [4.69, 9.17) is 4.74 Å². The van der Waals surface area contributed by atoms with Gasteiger partial charge in [0.05, 0.1) is 0 Å². The molecule has 0 N–H and O–H groups in total. The van der Waals surface area contributed by atoms with E-state index in [-0.39, 0.29) is 0 Å². The van der Waals surface area contributed by atoms with Crippen LogP contribution in [0, 0.1) is 13.8 Å². The fourth-order valence-electron chi connectivity index (χ4n) is 3.62. The minimum Gasteiger partial charge on any atom is -0.385 e. The van der Waals surface area contributed by atoms with Crippen molar-refractivity contribution in [3.05, 3.63) is 94.8 Å². The lowest BCUT2D eigenvalue weighted by atomic mass is 10.1. The van der Waals surface area contributed by atoms with E-state index in [1.807, 2.05) is 0 Å². The molecule has 0 aliphatic rings. The van der Waals surface area contributed by atoms with Gasteiger partial charge in [-0.3, -0.25) is 4.90 Å². The van der Waals surface area contributed by atoms with Crippen molar-refractivity contribution in [3.8, 4) is 0 Å². The second-order valence-corrected chi connectivity index (χ2v) is 7.54. The van der Waals surface area contributed by atoms with E-state index in [9.17, 15) is 0 Å². The smallest absolute Gasteiger partial charge is 0.0476 e. The first-order valence-corrected chi connectivity index (χ1v) is 10.1. The molecule has 0 bridgehead atoms. The molecule has 0 aliphatic heterocycles. The highest BCUT2D eigenvalue weighted by molar-refractivity contribution is 5.27. The fourth-order valence-corrected chi connectivity index (χ4v) is 3.62. The number of rotatable bonds is 10. The Morgan fingerprint density at radius 3 is 2.18 bits per heavy atom. The van der Waals surface area contributed by atoms with E-state index < -0.39 is 0 Å². The van der Waals surface area contributed by atoms with Crippen LogP contribution in [0.3, 0.4) is 0 Å². The number of nitrogens with zero attached hydrogens (tertiary/aromatic N) is 2. The standard InChI is InChI=1S/C25H32N2O/c1-21-10-4-6-12-23(21)18-26(15-9-17-28-3)20-25-14-8-16-27(25)19-24-13-7-5-11-22(24)2/h4-8,10-14,16H,9,15,17-20H2,1-3H3. The molecule has 3 heteroatoms. The Kier molecular flexibility index (Phi) is 7.46. The molecule has 3 aromatic rings. The van der Waals surface area contributed by atoms with Crippen LogP contribution in [0.25, 0.3) is 0 Å². The molecule has 1 aromatic heterocycles. The average molecular weight is 377 g/mol. The summed E-state index contributed by atoms with van der Waals surface area (Å²) < 4.78 is 7.66. The van der Waals surface area contributed by atoms with E-state index >= 15 is 0 Å². The summed E-state index contributed by atoms with van der Waals surface area (Å²) in [5.41, 5.74) is 6.84. The van der Waals surface area contributed by atoms with Gasteiger partial charge in [0.1, 0.15) is 0 Å². The van der Waals surface area contributed by atoms with Gasteiger partial charge < -0.3 is 9.30 Å². The van der Waals surface area contributed by atoms with Crippen LogP contribution >= 0.6 is 0 Å². The first-order valence-electron chi connectivity index (χ1n) is 10.1. The zero-order valence-corrected chi connectivity index (χ0v) is 17.4. The molecule has 0 unspecified atom stereocenters. The molecule has 28 heavy (non-hydrogen) atoms. The molecule has 1 heterocycles. The van der Waals surface area contributed by atoms with Gasteiger partial charge in [0.25, 0.3) is 0 Å². The van der Waals surface area contributed by atoms with Crippen molar-refractivity contribution in [2.24, 2.45) is 0 Å². The molecule has 0 saturated heterocycles. The van der Waals surface area contributed by atoms with Crippen molar-refractivity contribution in [3.63, 3.8) is 0 Å². The van der Waals surface area contributed by atoms with Gasteiger partial charge in [0.15, 0.2) is 0 Å². The summed E-state index contributed by atoms with van der Waals surface area (Å²) in [7, 11) is 1.78. The molecule has 0 fully saturated rings. The lowest BCUT2D eigenvalue weighted by Crippen LogP contribution is -2.26. The van der Waals surface area contributed by atoms with Crippen LogP contribution in [0.2, 0.25) is 0 Å². The van der Waals surface area contributed by atoms with Crippen LogP contribution in [0.15, 0.2) is 66.9 Å². The molecule has 0 atom stereocenters. The molecular weight excluding hydrogens is 344 g/mol. The first kappa shape index (κ1) is 20.4. The number of benzene rings is 2. The molecule has 3 rings (SSSR count). The minimum absolute atomic E-state index is 0.800. The highest BCUT2D eigenvalue weighted by atomic mass is 16.5. The van der Waals surface area contributed by atoms with Gasteiger partial charge >= 0.3 is 0 Å². The topological polar surface area (TPSA) is 17.4 Å². The molecule has 2 aromatic carbocycles. The van der Waals surface area contributed by atoms with Gasteiger partial charge in [-0.25, -0.2) is 0 Å². The Labute approximate surface area is 169 Å². The zero-order valence-electron chi connectivity index (χ0n) is 17.4. The predicted octanol–water partition coefficient (Wildman–Crippen LogP) is 5.19. The molecule has 0 amide bonds. The van der Waals surface area contributed by atoms with E-state index in [1.165, 1.54) is 27.9 Å². The number of aryl methyl sites for hydroxylation is 2. The fraction of sp³-hybridized carbons (Fsp3) is 0.360. The number of aromatic nitrogens is 1. The normalized spacial score (nSPS) is 11.3. The third kappa shape index (κ3) is 5.57. The highest BCUT2D eigenvalue weighted by Gasteiger charge is 2.12. The van der Waals surface area contributed by atoms with E-state index in [2.05, 4.69) is 90.2 Å². The summed E-state index contributed by atoms with van der Waals surface area (Å²) in [5.74, 6) is 0. The van der Waals surface area contributed by atoms with Gasteiger partial charge in [-0.05, 0) is 54.7 Å². The van der Waals surface area contributed by atoms with Gasteiger partial charge in [-0.2, -0.15) is 0 Å². The quantitative estimate of drug-likeness (QED) is 0.453. The maximum Gasteiger partial charge on any atom is 0.0476 e. The summed E-state index contributed by atoms with van der Waals surface area (Å²) in [6, 6.07) is 21.7. The second-order valence-electron chi connectivity index (χ2n) is 7.54. The van der Waals surface area contributed by atoms with Crippen LogP contribution in [0.5, 0.6) is 0 Å². The van der Waals surface area contributed by atoms with Gasteiger partial charge in [0, 0.05) is 51.8 Å². The maximum atomic E-state index is 5.29. The van der Waals surface area contributed by atoms with Crippen molar-refractivity contribution < 1.29 is 4.74 Å². The van der Waals surface area contributed by atoms with Crippen LogP contribution in [-0.4, -0.2) is 29.7 Å². The summed E-state index contributed by atoms with van der Waals surface area (Å²) in [6.07, 6.45) is 3.24. The molecule has 0 aliphatic carbocycles. The van der Waals surface area contributed by atoms with E-state index in [0.717, 1.165) is 39.2 Å². The average Bonchev–Trinajstić information content (AvgIpc) is 3.12. The number of hydrogen-bond acceptors (Lipinski definition) is 2. The molecular formula is C25H32N2O.